The molecule has 0 aliphatic heterocycles. The van der Waals surface area contributed by atoms with Gasteiger partial charge < -0.3 is 5.32 Å². The van der Waals surface area contributed by atoms with Crippen molar-refractivity contribution in [3.8, 4) is 0 Å². The Hall–Kier alpha value is -1.89. The van der Waals surface area contributed by atoms with Crippen LogP contribution in [0, 0.1) is 13.8 Å². The minimum atomic E-state index is -3.72. The molecule has 0 saturated heterocycles. The van der Waals surface area contributed by atoms with Crippen LogP contribution in [-0.2, 0) is 16.6 Å². The number of benzene rings is 2. The quantitative estimate of drug-likeness (QED) is 0.866. The first-order valence-electron chi connectivity index (χ1n) is 7.69. The largest absolute Gasteiger partial charge is 0.348 e. The molecule has 0 bridgehead atoms. The number of aryl methyl sites for hydroxylation is 2. The highest BCUT2D eigenvalue weighted by Gasteiger charge is 2.22. The zero-order valence-electron chi connectivity index (χ0n) is 14.6. The molecule has 25 heavy (non-hydrogen) atoms. The SMILES string of the molecule is Cc1ccc(CNC(=O)c2ccc(Cl)c(S(=O)(=O)N(C)C)c2)c(C)c1. The van der Waals surface area contributed by atoms with E-state index in [4.69, 9.17) is 11.6 Å². The average Bonchev–Trinajstić information content (AvgIpc) is 2.53. The molecule has 7 heteroatoms. The van der Waals surface area contributed by atoms with Gasteiger partial charge in [-0.25, -0.2) is 12.7 Å². The monoisotopic (exact) mass is 380 g/mol. The standard InChI is InChI=1S/C18H21ClN2O3S/c1-12-5-6-15(13(2)9-12)11-20-18(22)14-7-8-16(19)17(10-14)25(23,24)21(3)4/h5-10H,11H2,1-4H3,(H,20,22). The van der Waals surface area contributed by atoms with Gasteiger partial charge in [0.1, 0.15) is 4.90 Å². The summed E-state index contributed by atoms with van der Waals surface area (Å²) in [5.41, 5.74) is 3.50. The minimum Gasteiger partial charge on any atom is -0.348 e. The van der Waals surface area contributed by atoms with Crippen LogP contribution in [0.25, 0.3) is 0 Å². The van der Waals surface area contributed by atoms with Crippen molar-refractivity contribution < 1.29 is 13.2 Å². The van der Waals surface area contributed by atoms with E-state index >= 15 is 0 Å². The molecule has 5 nitrogen and oxygen atoms in total. The number of nitrogens with one attached hydrogen (secondary N) is 1. The third kappa shape index (κ3) is 4.39. The van der Waals surface area contributed by atoms with Gasteiger partial charge in [-0.3, -0.25) is 4.79 Å². The van der Waals surface area contributed by atoms with Crippen LogP contribution in [0.5, 0.6) is 0 Å². The van der Waals surface area contributed by atoms with Gasteiger partial charge in [0.2, 0.25) is 10.0 Å². The van der Waals surface area contributed by atoms with Crippen LogP contribution < -0.4 is 5.32 Å². The number of sulfonamides is 1. The van der Waals surface area contributed by atoms with E-state index in [-0.39, 0.29) is 21.4 Å². The predicted octanol–water partition coefficient (Wildman–Crippen LogP) is 3.14. The minimum absolute atomic E-state index is 0.0830. The molecule has 0 aliphatic rings. The molecule has 0 fully saturated rings. The zero-order valence-corrected chi connectivity index (χ0v) is 16.2. The maximum Gasteiger partial charge on any atom is 0.251 e. The Morgan fingerprint density at radius 3 is 2.40 bits per heavy atom. The fourth-order valence-corrected chi connectivity index (χ4v) is 3.75. The highest BCUT2D eigenvalue weighted by molar-refractivity contribution is 7.89. The van der Waals surface area contributed by atoms with E-state index in [9.17, 15) is 13.2 Å². The lowest BCUT2D eigenvalue weighted by atomic mass is 10.1. The summed E-state index contributed by atoms with van der Waals surface area (Å²) >= 11 is 6.00. The van der Waals surface area contributed by atoms with Crippen molar-refractivity contribution in [1.29, 1.82) is 0 Å². The molecule has 2 aromatic rings. The van der Waals surface area contributed by atoms with Crippen LogP contribution in [0.15, 0.2) is 41.3 Å². The third-order valence-corrected chi connectivity index (χ3v) is 6.19. The highest BCUT2D eigenvalue weighted by Crippen LogP contribution is 2.24. The summed E-state index contributed by atoms with van der Waals surface area (Å²) in [6.45, 7) is 4.36. The van der Waals surface area contributed by atoms with E-state index < -0.39 is 10.0 Å². The predicted molar refractivity (Wildman–Crippen MR) is 99.4 cm³/mol. The molecule has 0 aliphatic carbocycles. The lowest BCUT2D eigenvalue weighted by Gasteiger charge is -2.14. The fraction of sp³-hybridized carbons (Fsp3) is 0.278. The van der Waals surface area contributed by atoms with E-state index in [1.165, 1.54) is 32.3 Å². The molecule has 134 valence electrons. The molecule has 0 unspecified atom stereocenters. The Morgan fingerprint density at radius 2 is 1.80 bits per heavy atom. The van der Waals surface area contributed by atoms with Gasteiger partial charge in [0, 0.05) is 26.2 Å². The van der Waals surface area contributed by atoms with Crippen molar-refractivity contribution in [3.05, 3.63) is 63.7 Å². The van der Waals surface area contributed by atoms with Crippen molar-refractivity contribution in [2.24, 2.45) is 0 Å². The van der Waals surface area contributed by atoms with Crippen LogP contribution in [0.3, 0.4) is 0 Å². The molecule has 0 saturated carbocycles. The van der Waals surface area contributed by atoms with Crippen molar-refractivity contribution in [3.63, 3.8) is 0 Å². The number of hydrogen-bond donors (Lipinski definition) is 1. The topological polar surface area (TPSA) is 66.5 Å². The summed E-state index contributed by atoms with van der Waals surface area (Å²) in [6.07, 6.45) is 0. The van der Waals surface area contributed by atoms with Crippen LogP contribution in [-0.4, -0.2) is 32.7 Å². The Bertz CT molecular complexity index is 909. The lowest BCUT2D eigenvalue weighted by molar-refractivity contribution is 0.0950. The molecule has 0 heterocycles. The third-order valence-electron chi connectivity index (χ3n) is 3.89. The first-order chi connectivity index (χ1) is 11.6. The summed E-state index contributed by atoms with van der Waals surface area (Å²) in [6, 6.07) is 10.2. The molecular weight excluding hydrogens is 360 g/mol. The molecule has 0 atom stereocenters. The van der Waals surface area contributed by atoms with Crippen LogP contribution >= 0.6 is 11.6 Å². The van der Waals surface area contributed by atoms with Gasteiger partial charge in [0.15, 0.2) is 0 Å². The van der Waals surface area contributed by atoms with Gasteiger partial charge in [0.05, 0.1) is 5.02 Å². The number of rotatable bonds is 5. The first-order valence-corrected chi connectivity index (χ1v) is 9.51. The molecule has 1 N–H and O–H groups in total. The Kier molecular flexibility index (Phi) is 5.87. The fourth-order valence-electron chi connectivity index (χ4n) is 2.36. The smallest absolute Gasteiger partial charge is 0.251 e. The molecule has 0 radical (unpaired) electrons. The maximum absolute atomic E-state index is 12.4. The number of amides is 1. The number of carbonyl (C=O) groups is 1. The molecule has 1 amide bonds. The number of nitrogens with zero attached hydrogens (tertiary/aromatic N) is 1. The first kappa shape index (κ1) is 19.4. The second-order valence-corrected chi connectivity index (χ2v) is 8.57. The van der Waals surface area contributed by atoms with Gasteiger partial charge in [-0.2, -0.15) is 0 Å². The van der Waals surface area contributed by atoms with Gasteiger partial charge in [0.25, 0.3) is 5.91 Å². The van der Waals surface area contributed by atoms with E-state index in [1.54, 1.807) is 0 Å². The van der Waals surface area contributed by atoms with Crippen LogP contribution in [0.1, 0.15) is 27.0 Å². The Labute approximate surface area is 153 Å². The molecule has 2 aromatic carbocycles. The van der Waals surface area contributed by atoms with Crippen LogP contribution in [0.2, 0.25) is 5.02 Å². The lowest BCUT2D eigenvalue weighted by Crippen LogP contribution is -2.25. The summed E-state index contributed by atoms with van der Waals surface area (Å²) < 4.78 is 25.6. The van der Waals surface area contributed by atoms with Gasteiger partial charge in [-0.15, -0.1) is 0 Å². The second kappa shape index (κ2) is 7.56. The number of halogens is 1. The van der Waals surface area contributed by atoms with Gasteiger partial charge in [-0.1, -0.05) is 35.4 Å². The molecule has 0 spiro atoms. The summed E-state index contributed by atoms with van der Waals surface area (Å²) in [7, 11) is -0.890. The van der Waals surface area contributed by atoms with E-state index in [0.29, 0.717) is 6.54 Å². The summed E-state index contributed by atoms with van der Waals surface area (Å²) in [5, 5.41) is 2.90. The van der Waals surface area contributed by atoms with Crippen molar-refractivity contribution in [2.75, 3.05) is 14.1 Å². The average molecular weight is 381 g/mol. The van der Waals surface area contributed by atoms with Gasteiger partial charge >= 0.3 is 0 Å². The Balaban J connectivity index is 2.23. The van der Waals surface area contributed by atoms with Crippen molar-refractivity contribution in [1.82, 2.24) is 9.62 Å². The van der Waals surface area contributed by atoms with Crippen LogP contribution in [0.4, 0.5) is 0 Å². The van der Waals surface area contributed by atoms with Crippen molar-refractivity contribution >= 4 is 27.5 Å². The number of hydrogen-bond acceptors (Lipinski definition) is 3. The molecule has 2 rings (SSSR count). The zero-order chi connectivity index (χ0) is 18.8. The number of carbonyl (C=O) groups excluding carboxylic acids is 1. The summed E-state index contributed by atoms with van der Waals surface area (Å²) in [5.74, 6) is -0.355. The normalized spacial score (nSPS) is 11.6. The molecule has 0 aromatic heterocycles. The van der Waals surface area contributed by atoms with E-state index in [1.807, 2.05) is 32.0 Å². The van der Waals surface area contributed by atoms with E-state index in [2.05, 4.69) is 5.32 Å². The Morgan fingerprint density at radius 1 is 1.12 bits per heavy atom. The second-order valence-electron chi connectivity index (χ2n) is 6.05. The molecular formula is C18H21ClN2O3S. The van der Waals surface area contributed by atoms with Crippen molar-refractivity contribution in [2.45, 2.75) is 25.3 Å². The van der Waals surface area contributed by atoms with Gasteiger partial charge in [-0.05, 0) is 43.2 Å². The maximum atomic E-state index is 12.4. The van der Waals surface area contributed by atoms with E-state index in [0.717, 1.165) is 21.0 Å². The summed E-state index contributed by atoms with van der Waals surface area (Å²) in [4.78, 5) is 12.3. The highest BCUT2D eigenvalue weighted by atomic mass is 35.5.